The highest BCUT2D eigenvalue weighted by molar-refractivity contribution is 8.16. The highest BCUT2D eigenvalue weighted by atomic mass is 32.2. The Hall–Kier alpha value is -1.43. The molecule has 2 aliphatic heterocycles. The van der Waals surface area contributed by atoms with Crippen LogP contribution in [0.1, 0.15) is 13.8 Å². The van der Waals surface area contributed by atoms with Crippen molar-refractivity contribution in [3.63, 3.8) is 0 Å². The van der Waals surface area contributed by atoms with Crippen molar-refractivity contribution in [2.45, 2.75) is 19.1 Å². The molecule has 84 valence electrons. The average molecular weight is 238 g/mol. The van der Waals surface area contributed by atoms with Crippen molar-refractivity contribution in [3.8, 4) is 0 Å². The van der Waals surface area contributed by atoms with Crippen molar-refractivity contribution in [2.24, 2.45) is 9.98 Å². The second-order valence-electron chi connectivity index (χ2n) is 3.29. The molecule has 0 fully saturated rings. The SMILES string of the molecule is CCOC(=O)C1SC2=NC=NC(=O)C2=C1C. The Kier molecular flexibility index (Phi) is 2.91. The van der Waals surface area contributed by atoms with E-state index in [0.29, 0.717) is 22.8 Å². The predicted molar refractivity (Wildman–Crippen MR) is 61.6 cm³/mol. The molecule has 0 radical (unpaired) electrons. The zero-order valence-corrected chi connectivity index (χ0v) is 9.71. The molecule has 0 aliphatic carbocycles. The van der Waals surface area contributed by atoms with Gasteiger partial charge in [0, 0.05) is 0 Å². The van der Waals surface area contributed by atoms with Crippen LogP contribution in [-0.4, -0.2) is 35.1 Å². The van der Waals surface area contributed by atoms with E-state index in [1.165, 1.54) is 18.1 Å². The van der Waals surface area contributed by atoms with Gasteiger partial charge in [-0.1, -0.05) is 11.8 Å². The molecule has 5 nitrogen and oxygen atoms in total. The van der Waals surface area contributed by atoms with Gasteiger partial charge < -0.3 is 4.74 Å². The van der Waals surface area contributed by atoms with Gasteiger partial charge in [0.1, 0.15) is 16.6 Å². The quantitative estimate of drug-likeness (QED) is 0.672. The van der Waals surface area contributed by atoms with Crippen LogP contribution < -0.4 is 0 Å². The second kappa shape index (κ2) is 4.21. The third kappa shape index (κ3) is 1.69. The number of amides is 1. The maximum absolute atomic E-state index is 11.6. The lowest BCUT2D eigenvalue weighted by Gasteiger charge is -2.08. The topological polar surface area (TPSA) is 68.1 Å². The van der Waals surface area contributed by atoms with Gasteiger partial charge in [-0.2, -0.15) is 4.99 Å². The monoisotopic (exact) mass is 238 g/mol. The summed E-state index contributed by atoms with van der Waals surface area (Å²) in [5, 5.41) is 0.106. The van der Waals surface area contributed by atoms with E-state index in [1.54, 1.807) is 13.8 Å². The molecule has 0 saturated heterocycles. The summed E-state index contributed by atoms with van der Waals surface area (Å²) in [6.45, 7) is 3.82. The summed E-state index contributed by atoms with van der Waals surface area (Å²) in [6.07, 6.45) is 1.22. The molecule has 0 saturated carbocycles. The first-order valence-electron chi connectivity index (χ1n) is 4.84. The number of esters is 1. The van der Waals surface area contributed by atoms with Crippen LogP contribution >= 0.6 is 11.8 Å². The average Bonchev–Trinajstić information content (AvgIpc) is 2.58. The van der Waals surface area contributed by atoms with Crippen LogP contribution in [0.3, 0.4) is 0 Å². The number of thioether (sulfide) groups is 1. The van der Waals surface area contributed by atoms with E-state index >= 15 is 0 Å². The van der Waals surface area contributed by atoms with Crippen LogP contribution in [0.5, 0.6) is 0 Å². The Morgan fingerprint density at radius 3 is 3.00 bits per heavy atom. The molecule has 1 unspecified atom stereocenters. The molecule has 2 aliphatic rings. The molecule has 0 aromatic rings. The first-order valence-corrected chi connectivity index (χ1v) is 5.72. The first kappa shape index (κ1) is 11.1. The third-order valence-electron chi connectivity index (χ3n) is 2.30. The largest absolute Gasteiger partial charge is 0.465 e. The molecular formula is C10H10N2O3S. The van der Waals surface area contributed by atoms with Crippen molar-refractivity contribution in [1.82, 2.24) is 0 Å². The molecule has 0 aromatic carbocycles. The third-order valence-corrected chi connectivity index (χ3v) is 3.61. The zero-order valence-electron chi connectivity index (χ0n) is 8.89. The van der Waals surface area contributed by atoms with E-state index in [0.717, 1.165) is 0 Å². The van der Waals surface area contributed by atoms with E-state index < -0.39 is 5.25 Å². The number of nitrogens with zero attached hydrogens (tertiary/aromatic N) is 2. The van der Waals surface area contributed by atoms with Gasteiger partial charge in [0.05, 0.1) is 12.2 Å². The Morgan fingerprint density at radius 1 is 1.62 bits per heavy atom. The Labute approximate surface area is 96.7 Å². The number of hydrogen-bond acceptors (Lipinski definition) is 5. The summed E-state index contributed by atoms with van der Waals surface area (Å²) in [7, 11) is 0. The van der Waals surface area contributed by atoms with Gasteiger partial charge in [0.25, 0.3) is 5.91 Å². The standard InChI is InChI=1S/C10H10N2O3S/c1-3-15-10(14)7-5(2)6-8(13)11-4-12-9(6)16-7/h4,7H,3H2,1-2H3. The molecule has 1 amide bonds. The first-order chi connectivity index (χ1) is 7.65. The smallest absolute Gasteiger partial charge is 0.323 e. The lowest BCUT2D eigenvalue weighted by atomic mass is 10.1. The minimum atomic E-state index is -0.459. The van der Waals surface area contributed by atoms with E-state index in [-0.39, 0.29) is 11.9 Å². The summed E-state index contributed by atoms with van der Waals surface area (Å²) < 4.78 is 4.94. The molecule has 16 heavy (non-hydrogen) atoms. The van der Waals surface area contributed by atoms with Gasteiger partial charge in [0.15, 0.2) is 0 Å². The Bertz CT molecular complexity index is 451. The molecule has 6 heteroatoms. The van der Waals surface area contributed by atoms with Crippen molar-refractivity contribution < 1.29 is 14.3 Å². The van der Waals surface area contributed by atoms with Crippen LogP contribution in [0.4, 0.5) is 0 Å². The number of fused-ring (bicyclic) bond motifs is 1. The normalized spacial score (nSPS) is 23.2. The predicted octanol–water partition coefficient (Wildman–Crippen LogP) is 0.948. The molecule has 0 bridgehead atoms. The van der Waals surface area contributed by atoms with E-state index in [2.05, 4.69) is 9.98 Å². The van der Waals surface area contributed by atoms with Gasteiger partial charge in [-0.3, -0.25) is 9.59 Å². The molecule has 0 aromatic heterocycles. The van der Waals surface area contributed by atoms with Crippen molar-refractivity contribution >= 4 is 35.0 Å². The maximum atomic E-state index is 11.6. The highest BCUT2D eigenvalue weighted by Gasteiger charge is 2.38. The highest BCUT2D eigenvalue weighted by Crippen LogP contribution is 2.37. The summed E-state index contributed by atoms with van der Waals surface area (Å²) >= 11 is 1.24. The number of rotatable bonds is 2. The lowest BCUT2D eigenvalue weighted by molar-refractivity contribution is -0.141. The fourth-order valence-corrected chi connectivity index (χ4v) is 2.71. The van der Waals surface area contributed by atoms with Crippen LogP contribution in [0.25, 0.3) is 0 Å². The van der Waals surface area contributed by atoms with Crippen LogP contribution in [0.15, 0.2) is 21.1 Å². The maximum Gasteiger partial charge on any atom is 0.323 e. The van der Waals surface area contributed by atoms with Gasteiger partial charge >= 0.3 is 5.97 Å². The zero-order chi connectivity index (χ0) is 11.7. The van der Waals surface area contributed by atoms with Gasteiger partial charge in [0.2, 0.25) is 0 Å². The van der Waals surface area contributed by atoms with Gasteiger partial charge in [-0.15, -0.1) is 0 Å². The van der Waals surface area contributed by atoms with E-state index in [4.69, 9.17) is 4.74 Å². The molecule has 1 atom stereocenters. The fourth-order valence-electron chi connectivity index (χ4n) is 1.55. The number of ether oxygens (including phenoxy) is 1. The minimum absolute atomic E-state index is 0.329. The molecule has 2 rings (SSSR count). The summed E-state index contributed by atoms with van der Waals surface area (Å²) in [6, 6.07) is 0. The summed E-state index contributed by atoms with van der Waals surface area (Å²) in [4.78, 5) is 30.7. The van der Waals surface area contributed by atoms with Gasteiger partial charge in [-0.05, 0) is 19.4 Å². The Morgan fingerprint density at radius 2 is 2.38 bits per heavy atom. The van der Waals surface area contributed by atoms with Crippen molar-refractivity contribution in [2.75, 3.05) is 6.61 Å². The minimum Gasteiger partial charge on any atom is -0.465 e. The van der Waals surface area contributed by atoms with Crippen LogP contribution in [0.2, 0.25) is 0 Å². The number of carbonyl (C=O) groups excluding carboxylic acids is 2. The number of aliphatic imine (C=N–C) groups is 2. The van der Waals surface area contributed by atoms with Gasteiger partial charge in [-0.25, -0.2) is 4.99 Å². The second-order valence-corrected chi connectivity index (χ2v) is 4.39. The summed E-state index contributed by atoms with van der Waals surface area (Å²) in [5.74, 6) is -0.663. The fraction of sp³-hybridized carbons (Fsp3) is 0.400. The molecule has 2 heterocycles. The lowest BCUT2D eigenvalue weighted by Crippen LogP contribution is -2.19. The van der Waals surface area contributed by atoms with Crippen LogP contribution in [-0.2, 0) is 14.3 Å². The Balaban J connectivity index is 2.31. The van der Waals surface area contributed by atoms with Crippen LogP contribution in [0, 0.1) is 0 Å². The van der Waals surface area contributed by atoms with E-state index in [9.17, 15) is 9.59 Å². The number of carbonyl (C=O) groups is 2. The number of hydrogen-bond donors (Lipinski definition) is 0. The molecular weight excluding hydrogens is 228 g/mol. The molecule has 0 spiro atoms. The summed E-state index contributed by atoms with van der Waals surface area (Å²) in [5.41, 5.74) is 1.13. The van der Waals surface area contributed by atoms with Crippen molar-refractivity contribution in [3.05, 3.63) is 11.1 Å². The van der Waals surface area contributed by atoms with Crippen molar-refractivity contribution in [1.29, 1.82) is 0 Å². The van der Waals surface area contributed by atoms with E-state index in [1.807, 2.05) is 0 Å². The molecule has 0 N–H and O–H groups in total.